The molecule has 1 aromatic rings. The van der Waals surface area contributed by atoms with Crippen LogP contribution >= 0.6 is 0 Å². The van der Waals surface area contributed by atoms with Crippen molar-refractivity contribution >= 4 is 5.82 Å². The van der Waals surface area contributed by atoms with Crippen LogP contribution in [0.3, 0.4) is 0 Å². The molecule has 0 aliphatic heterocycles. The lowest BCUT2D eigenvalue weighted by molar-refractivity contribution is 0.416. The van der Waals surface area contributed by atoms with Gasteiger partial charge in [-0.3, -0.25) is 0 Å². The molecule has 0 atom stereocenters. The molecule has 0 aromatic carbocycles. The maximum atomic E-state index is 4.85. The van der Waals surface area contributed by atoms with Crippen molar-refractivity contribution in [3.63, 3.8) is 0 Å². The van der Waals surface area contributed by atoms with E-state index in [1.807, 2.05) is 0 Å². The highest BCUT2D eigenvalue weighted by atomic mass is 15.2. The maximum Gasteiger partial charge on any atom is 0.129 e. The minimum absolute atomic E-state index is 0.501. The van der Waals surface area contributed by atoms with Crippen molar-refractivity contribution in [1.82, 2.24) is 10.3 Å². The molecule has 0 unspecified atom stereocenters. The second kappa shape index (κ2) is 7.63. The van der Waals surface area contributed by atoms with Crippen LogP contribution in [-0.4, -0.2) is 23.6 Å². The predicted molar refractivity (Wildman–Crippen MR) is 86.1 cm³/mol. The van der Waals surface area contributed by atoms with Gasteiger partial charge in [-0.2, -0.15) is 0 Å². The molecular weight excluding hydrogens is 246 g/mol. The Morgan fingerprint density at radius 3 is 2.65 bits per heavy atom. The van der Waals surface area contributed by atoms with Gasteiger partial charge in [0, 0.05) is 25.2 Å². The van der Waals surface area contributed by atoms with Gasteiger partial charge in [-0.05, 0) is 31.9 Å². The van der Waals surface area contributed by atoms with Crippen LogP contribution in [-0.2, 0) is 6.54 Å². The van der Waals surface area contributed by atoms with Gasteiger partial charge in [0.05, 0.1) is 5.69 Å². The Bertz CT molecular complexity index is 397. The molecule has 112 valence electrons. The van der Waals surface area contributed by atoms with Crippen molar-refractivity contribution in [2.75, 3.05) is 11.4 Å². The number of hydrogen-bond donors (Lipinski definition) is 1. The number of hydrogen-bond acceptors (Lipinski definition) is 3. The standard InChI is InChI=1S/C17H29N3/c1-4-20(16-10-6-5-7-11-16)17-12-8-9-15(19-17)13-18-14(2)3/h8-9,12,14,16,18H,4-7,10-11,13H2,1-3H3. The van der Waals surface area contributed by atoms with Crippen LogP contribution in [0.1, 0.15) is 58.6 Å². The Balaban J connectivity index is 2.06. The molecule has 3 heteroatoms. The molecule has 1 N–H and O–H groups in total. The monoisotopic (exact) mass is 275 g/mol. The fourth-order valence-electron chi connectivity index (χ4n) is 3.03. The van der Waals surface area contributed by atoms with Gasteiger partial charge >= 0.3 is 0 Å². The molecule has 0 bridgehead atoms. The molecule has 2 rings (SSSR count). The van der Waals surface area contributed by atoms with Crippen LogP contribution < -0.4 is 10.2 Å². The summed E-state index contributed by atoms with van der Waals surface area (Å²) in [5, 5.41) is 3.44. The predicted octanol–water partition coefficient (Wildman–Crippen LogP) is 3.74. The Morgan fingerprint density at radius 1 is 1.25 bits per heavy atom. The molecule has 0 amide bonds. The zero-order valence-electron chi connectivity index (χ0n) is 13.2. The van der Waals surface area contributed by atoms with Crippen LogP contribution in [0, 0.1) is 0 Å². The van der Waals surface area contributed by atoms with Crippen LogP contribution in [0.2, 0.25) is 0 Å². The Morgan fingerprint density at radius 2 is 2.00 bits per heavy atom. The summed E-state index contributed by atoms with van der Waals surface area (Å²) in [7, 11) is 0. The number of nitrogens with zero attached hydrogens (tertiary/aromatic N) is 2. The molecule has 20 heavy (non-hydrogen) atoms. The van der Waals surface area contributed by atoms with Crippen LogP contribution in [0.5, 0.6) is 0 Å². The van der Waals surface area contributed by atoms with Gasteiger partial charge in [-0.25, -0.2) is 4.98 Å². The molecule has 0 saturated heterocycles. The third-order valence-corrected chi connectivity index (χ3v) is 4.13. The summed E-state index contributed by atoms with van der Waals surface area (Å²) < 4.78 is 0. The summed E-state index contributed by atoms with van der Waals surface area (Å²) in [6, 6.07) is 7.62. The molecule has 3 nitrogen and oxygen atoms in total. The minimum Gasteiger partial charge on any atom is -0.354 e. The van der Waals surface area contributed by atoms with Crippen molar-refractivity contribution in [2.45, 2.75) is 71.5 Å². The first-order chi connectivity index (χ1) is 9.70. The lowest BCUT2D eigenvalue weighted by atomic mass is 9.94. The van der Waals surface area contributed by atoms with Gasteiger partial charge in [0.1, 0.15) is 5.82 Å². The third kappa shape index (κ3) is 4.20. The summed E-state index contributed by atoms with van der Waals surface area (Å²) in [5.41, 5.74) is 1.14. The molecule has 1 aromatic heterocycles. The van der Waals surface area contributed by atoms with E-state index in [9.17, 15) is 0 Å². The number of aromatic nitrogens is 1. The van der Waals surface area contributed by atoms with E-state index in [1.54, 1.807) is 0 Å². The lowest BCUT2D eigenvalue weighted by Crippen LogP contribution is -2.37. The van der Waals surface area contributed by atoms with Crippen molar-refractivity contribution < 1.29 is 0 Å². The number of rotatable bonds is 6. The fraction of sp³-hybridized carbons (Fsp3) is 0.706. The van der Waals surface area contributed by atoms with E-state index >= 15 is 0 Å². The van der Waals surface area contributed by atoms with Crippen LogP contribution in [0.15, 0.2) is 18.2 Å². The molecule has 1 aliphatic carbocycles. The van der Waals surface area contributed by atoms with E-state index in [0.717, 1.165) is 24.6 Å². The van der Waals surface area contributed by atoms with Crippen LogP contribution in [0.4, 0.5) is 5.82 Å². The number of nitrogens with one attached hydrogen (secondary N) is 1. The van der Waals surface area contributed by atoms with Gasteiger partial charge in [-0.15, -0.1) is 0 Å². The highest BCUT2D eigenvalue weighted by molar-refractivity contribution is 5.40. The first-order valence-corrected chi connectivity index (χ1v) is 8.16. The molecule has 0 spiro atoms. The Kier molecular flexibility index (Phi) is 5.84. The zero-order chi connectivity index (χ0) is 14.4. The van der Waals surface area contributed by atoms with Crippen molar-refractivity contribution in [3.8, 4) is 0 Å². The fourth-order valence-corrected chi connectivity index (χ4v) is 3.03. The summed E-state index contributed by atoms with van der Waals surface area (Å²) in [6.45, 7) is 8.50. The van der Waals surface area contributed by atoms with Crippen molar-refractivity contribution in [1.29, 1.82) is 0 Å². The molecular formula is C17H29N3. The van der Waals surface area contributed by atoms with E-state index in [0.29, 0.717) is 12.1 Å². The average molecular weight is 275 g/mol. The summed E-state index contributed by atoms with van der Waals surface area (Å²) in [4.78, 5) is 7.35. The number of pyridine rings is 1. The average Bonchev–Trinajstić information content (AvgIpc) is 2.47. The SMILES string of the molecule is CCN(c1cccc(CNC(C)C)n1)C1CCCCC1. The first kappa shape index (κ1) is 15.3. The molecule has 1 heterocycles. The Hall–Kier alpha value is -1.09. The van der Waals surface area contributed by atoms with Gasteiger partial charge in [0.2, 0.25) is 0 Å². The first-order valence-electron chi connectivity index (χ1n) is 8.16. The molecule has 0 radical (unpaired) electrons. The van der Waals surface area contributed by atoms with E-state index in [1.165, 1.54) is 32.1 Å². The second-order valence-electron chi connectivity index (χ2n) is 6.10. The summed E-state index contributed by atoms with van der Waals surface area (Å²) in [6.07, 6.45) is 6.79. The summed E-state index contributed by atoms with van der Waals surface area (Å²) >= 11 is 0. The molecule has 1 saturated carbocycles. The lowest BCUT2D eigenvalue weighted by Gasteiger charge is -2.34. The zero-order valence-corrected chi connectivity index (χ0v) is 13.2. The van der Waals surface area contributed by atoms with E-state index < -0.39 is 0 Å². The van der Waals surface area contributed by atoms with Crippen molar-refractivity contribution in [3.05, 3.63) is 23.9 Å². The van der Waals surface area contributed by atoms with Gasteiger partial charge in [0.15, 0.2) is 0 Å². The molecule has 1 fully saturated rings. The number of anilines is 1. The van der Waals surface area contributed by atoms with Gasteiger partial charge in [-0.1, -0.05) is 39.2 Å². The van der Waals surface area contributed by atoms with E-state index in [2.05, 4.69) is 49.2 Å². The topological polar surface area (TPSA) is 28.2 Å². The second-order valence-corrected chi connectivity index (χ2v) is 6.10. The van der Waals surface area contributed by atoms with Crippen molar-refractivity contribution in [2.24, 2.45) is 0 Å². The highest BCUT2D eigenvalue weighted by Gasteiger charge is 2.21. The quantitative estimate of drug-likeness (QED) is 0.857. The normalized spacial score (nSPS) is 16.6. The van der Waals surface area contributed by atoms with E-state index in [-0.39, 0.29) is 0 Å². The maximum absolute atomic E-state index is 4.85. The Labute approximate surface area is 123 Å². The van der Waals surface area contributed by atoms with Gasteiger partial charge in [0.25, 0.3) is 0 Å². The smallest absolute Gasteiger partial charge is 0.129 e. The summed E-state index contributed by atoms with van der Waals surface area (Å²) in [5.74, 6) is 1.16. The van der Waals surface area contributed by atoms with Crippen LogP contribution in [0.25, 0.3) is 0 Å². The van der Waals surface area contributed by atoms with Gasteiger partial charge < -0.3 is 10.2 Å². The molecule has 1 aliphatic rings. The third-order valence-electron chi connectivity index (χ3n) is 4.13. The largest absolute Gasteiger partial charge is 0.354 e. The van der Waals surface area contributed by atoms with E-state index in [4.69, 9.17) is 4.98 Å². The highest BCUT2D eigenvalue weighted by Crippen LogP contribution is 2.26. The minimum atomic E-state index is 0.501.